The van der Waals surface area contributed by atoms with E-state index >= 15 is 0 Å². The summed E-state index contributed by atoms with van der Waals surface area (Å²) in [6.07, 6.45) is 9.64. The first-order chi connectivity index (χ1) is 15.2. The summed E-state index contributed by atoms with van der Waals surface area (Å²) in [5.74, 6) is 0.923. The van der Waals surface area contributed by atoms with Crippen molar-refractivity contribution in [1.82, 2.24) is 36.1 Å². The lowest BCUT2D eigenvalue weighted by Crippen LogP contribution is -2.61. The number of fused-ring (bicyclic) bond motifs is 3. The molecule has 2 aromatic heterocycles. The average Bonchev–Trinajstić information content (AvgIpc) is 3.42. The van der Waals surface area contributed by atoms with Gasteiger partial charge in [0.05, 0.1) is 26.1 Å². The van der Waals surface area contributed by atoms with Gasteiger partial charge >= 0.3 is 0 Å². The maximum absolute atomic E-state index is 13.4. The van der Waals surface area contributed by atoms with Gasteiger partial charge < -0.3 is 5.43 Å². The van der Waals surface area contributed by atoms with Crippen LogP contribution in [0.5, 0.6) is 0 Å². The second-order valence-corrected chi connectivity index (χ2v) is 12.5. The minimum absolute atomic E-state index is 0.245. The minimum atomic E-state index is -0.898. The molecule has 31 heavy (non-hydrogen) atoms. The van der Waals surface area contributed by atoms with Gasteiger partial charge in [0.25, 0.3) is 0 Å². The van der Waals surface area contributed by atoms with Crippen molar-refractivity contribution in [2.45, 2.75) is 54.8 Å². The van der Waals surface area contributed by atoms with E-state index in [4.69, 9.17) is 0 Å². The summed E-state index contributed by atoms with van der Waals surface area (Å²) in [6, 6.07) is 2.95. The van der Waals surface area contributed by atoms with Gasteiger partial charge in [-0.3, -0.25) is 14.2 Å². The van der Waals surface area contributed by atoms with Crippen molar-refractivity contribution in [3.8, 4) is 0 Å². The minimum Gasteiger partial charge on any atom is -0.307 e. The summed E-state index contributed by atoms with van der Waals surface area (Å²) in [5.41, 5.74) is 10.4. The molecule has 0 bridgehead atoms. The molecule has 0 aromatic carbocycles. The first kappa shape index (κ1) is 19.0. The highest BCUT2D eigenvalue weighted by Crippen LogP contribution is 2.55. The van der Waals surface area contributed by atoms with Crippen molar-refractivity contribution >= 4 is 33.6 Å². The molecular weight excluding hydrogens is 430 g/mol. The lowest BCUT2D eigenvalue weighted by molar-refractivity contribution is 0.00560. The molecule has 3 N–H and O–H groups in total. The molecule has 7 rings (SSSR count). The van der Waals surface area contributed by atoms with Crippen molar-refractivity contribution in [2.24, 2.45) is 18.9 Å². The van der Waals surface area contributed by atoms with Gasteiger partial charge in [0, 0.05) is 54.6 Å². The quantitative estimate of drug-likeness (QED) is 0.644. The van der Waals surface area contributed by atoms with Gasteiger partial charge in [-0.05, 0) is 43.2 Å². The first-order valence-electron chi connectivity index (χ1n) is 11.3. The highest BCUT2D eigenvalue weighted by atomic mass is 32.2. The van der Waals surface area contributed by atoms with E-state index in [2.05, 4.69) is 37.4 Å². The summed E-state index contributed by atoms with van der Waals surface area (Å²) < 4.78 is 16.3. The van der Waals surface area contributed by atoms with Gasteiger partial charge in [0.1, 0.15) is 0 Å². The first-order valence-corrected chi connectivity index (χ1v) is 13.4. The predicted molar refractivity (Wildman–Crippen MR) is 122 cm³/mol. The number of piperidine rings is 1. The molecule has 8 nitrogen and oxygen atoms in total. The van der Waals surface area contributed by atoms with Crippen molar-refractivity contribution in [2.75, 3.05) is 6.54 Å². The van der Waals surface area contributed by atoms with Gasteiger partial charge in [0.15, 0.2) is 5.65 Å². The van der Waals surface area contributed by atoms with Crippen LogP contribution in [-0.4, -0.2) is 47.3 Å². The molecule has 1 saturated carbocycles. The predicted octanol–water partition coefficient (Wildman–Crippen LogP) is 1.88. The molecule has 0 amide bonds. The normalized spacial score (nSPS) is 36.2. The van der Waals surface area contributed by atoms with E-state index in [1.54, 1.807) is 0 Å². The Hall–Kier alpha value is -1.46. The Morgan fingerprint density at radius 3 is 3.03 bits per heavy atom. The maximum atomic E-state index is 13.4. The number of hydrazine groups is 2. The Kier molecular flexibility index (Phi) is 4.31. The summed E-state index contributed by atoms with van der Waals surface area (Å²) in [5, 5.41) is 12.2. The molecule has 6 atom stereocenters. The Morgan fingerprint density at radius 2 is 2.19 bits per heavy atom. The topological polar surface area (TPSA) is 87.1 Å². The zero-order valence-electron chi connectivity index (χ0n) is 17.5. The summed E-state index contributed by atoms with van der Waals surface area (Å²) in [6.45, 7) is 0.994. The molecule has 5 aliphatic rings. The third kappa shape index (κ3) is 2.88. The van der Waals surface area contributed by atoms with E-state index in [9.17, 15) is 4.21 Å². The molecule has 3 saturated heterocycles. The van der Waals surface area contributed by atoms with Crippen LogP contribution >= 0.6 is 11.8 Å². The van der Waals surface area contributed by atoms with Crippen molar-refractivity contribution in [1.29, 1.82) is 0 Å². The van der Waals surface area contributed by atoms with Crippen LogP contribution in [0.15, 0.2) is 28.4 Å². The number of nitrogens with one attached hydrogen (secondary N) is 3. The number of pyridine rings is 1. The Labute approximate surface area is 188 Å². The third-order valence-corrected chi connectivity index (χ3v) is 11.2. The highest BCUT2D eigenvalue weighted by Gasteiger charge is 2.55. The SMILES string of the molecule is Cn1cc2cc(C3CC4C5C(=C(S(=O)C6CCC6)SC5N3)NN3NCCC43)cnc2n1. The number of aromatic nitrogens is 3. The second-order valence-electron chi connectivity index (χ2n) is 9.46. The van der Waals surface area contributed by atoms with Crippen LogP contribution in [0.1, 0.15) is 43.7 Å². The Bertz CT molecular complexity index is 1110. The van der Waals surface area contributed by atoms with Gasteiger partial charge in [-0.2, -0.15) is 10.2 Å². The van der Waals surface area contributed by atoms with Gasteiger partial charge in [-0.15, -0.1) is 0 Å². The second kappa shape index (κ2) is 7.02. The smallest absolute Gasteiger partial charge is 0.181 e. The van der Waals surface area contributed by atoms with Crippen molar-refractivity contribution < 1.29 is 4.21 Å². The van der Waals surface area contributed by atoms with E-state index in [0.29, 0.717) is 23.1 Å². The number of nitrogens with zero attached hydrogens (tertiary/aromatic N) is 4. The summed E-state index contributed by atoms with van der Waals surface area (Å²) >= 11 is 1.82. The fourth-order valence-electron chi connectivity index (χ4n) is 5.92. The maximum Gasteiger partial charge on any atom is 0.181 e. The molecule has 164 valence electrons. The summed E-state index contributed by atoms with van der Waals surface area (Å²) in [4.78, 5) is 4.62. The van der Waals surface area contributed by atoms with Gasteiger partial charge in [-0.1, -0.05) is 18.2 Å². The number of hydrogen-bond acceptors (Lipinski definition) is 8. The zero-order valence-corrected chi connectivity index (χ0v) is 19.1. The molecule has 0 radical (unpaired) electrons. The number of rotatable bonds is 3. The molecule has 2 aromatic rings. The zero-order chi connectivity index (χ0) is 20.7. The number of thioether (sulfide) groups is 1. The molecule has 10 heteroatoms. The van der Waals surface area contributed by atoms with E-state index in [1.165, 1.54) is 17.7 Å². The van der Waals surface area contributed by atoms with Crippen LogP contribution in [0, 0.1) is 11.8 Å². The van der Waals surface area contributed by atoms with Gasteiger partial charge in [0.2, 0.25) is 0 Å². The largest absolute Gasteiger partial charge is 0.307 e. The lowest BCUT2D eigenvalue weighted by atomic mass is 9.74. The van der Waals surface area contributed by atoms with E-state index in [1.807, 2.05) is 35.9 Å². The van der Waals surface area contributed by atoms with Crippen LogP contribution < -0.4 is 16.2 Å². The van der Waals surface area contributed by atoms with E-state index in [0.717, 1.165) is 47.5 Å². The Balaban J connectivity index is 1.25. The summed E-state index contributed by atoms with van der Waals surface area (Å²) in [7, 11) is 1.04. The lowest BCUT2D eigenvalue weighted by Gasteiger charge is -2.48. The van der Waals surface area contributed by atoms with Gasteiger partial charge in [-0.25, -0.2) is 10.4 Å². The molecule has 4 aliphatic heterocycles. The third-order valence-electron chi connectivity index (χ3n) is 7.67. The molecule has 1 aliphatic carbocycles. The standard InChI is InChI=1S/C21H27N7OS2/c1-27-10-12-7-11(9-22-19(12)26-27)15-8-14-16-5-6-23-28(16)25-18-17(14)20(24-15)30-21(18)31(29)13-3-2-4-13/h7,9-10,13-17,20,23-25H,2-6,8H2,1H3. The van der Waals surface area contributed by atoms with Crippen LogP contribution in [0.25, 0.3) is 11.0 Å². The average molecular weight is 458 g/mol. The van der Waals surface area contributed by atoms with Crippen molar-refractivity contribution in [3.63, 3.8) is 0 Å². The molecular formula is C21H27N7OS2. The monoisotopic (exact) mass is 457 g/mol. The van der Waals surface area contributed by atoms with Crippen LogP contribution in [0.3, 0.4) is 0 Å². The fraction of sp³-hybridized carbons (Fsp3) is 0.619. The highest BCUT2D eigenvalue weighted by molar-refractivity contribution is 8.17. The van der Waals surface area contributed by atoms with E-state index in [-0.39, 0.29) is 11.4 Å². The van der Waals surface area contributed by atoms with Crippen LogP contribution in [0.2, 0.25) is 0 Å². The number of hydrogen-bond donors (Lipinski definition) is 3. The van der Waals surface area contributed by atoms with Crippen LogP contribution in [-0.2, 0) is 17.8 Å². The van der Waals surface area contributed by atoms with Crippen LogP contribution in [0.4, 0.5) is 0 Å². The van der Waals surface area contributed by atoms with E-state index < -0.39 is 10.8 Å². The molecule has 4 fully saturated rings. The molecule has 6 unspecified atom stereocenters. The molecule has 6 heterocycles. The number of aryl methyl sites for hydroxylation is 1. The molecule has 0 spiro atoms. The Morgan fingerprint density at radius 1 is 1.29 bits per heavy atom. The van der Waals surface area contributed by atoms with Crippen molar-refractivity contribution in [3.05, 3.63) is 34.0 Å². The fourth-order valence-corrected chi connectivity index (χ4v) is 9.74.